The molecule has 2 heterocycles. The summed E-state index contributed by atoms with van der Waals surface area (Å²) >= 11 is 0. The Kier molecular flexibility index (Phi) is 4.60. The number of urea groups is 1. The first kappa shape index (κ1) is 15.8. The molecule has 0 unspecified atom stereocenters. The number of carbonyl (C=O) groups is 1. The van der Waals surface area contributed by atoms with Gasteiger partial charge in [-0.3, -0.25) is 4.68 Å². The Hall–Kier alpha value is -3.09. The van der Waals surface area contributed by atoms with E-state index < -0.39 is 0 Å². The van der Waals surface area contributed by atoms with Crippen molar-refractivity contribution in [2.45, 2.75) is 26.9 Å². The highest BCUT2D eigenvalue weighted by molar-refractivity contribution is 5.89. The van der Waals surface area contributed by atoms with Gasteiger partial charge in [-0.1, -0.05) is 17.3 Å². The van der Waals surface area contributed by atoms with Crippen LogP contribution in [-0.4, -0.2) is 21.0 Å². The van der Waals surface area contributed by atoms with E-state index in [1.807, 2.05) is 48.9 Å². The first-order valence-corrected chi connectivity index (χ1v) is 7.64. The quantitative estimate of drug-likeness (QED) is 0.755. The lowest BCUT2D eigenvalue weighted by molar-refractivity contribution is 0.251. The van der Waals surface area contributed by atoms with E-state index in [1.54, 1.807) is 6.07 Å². The number of aromatic nitrogens is 3. The third-order valence-electron chi connectivity index (χ3n) is 3.54. The smallest absolute Gasteiger partial charge is 0.319 e. The molecule has 0 saturated heterocycles. The van der Waals surface area contributed by atoms with Gasteiger partial charge >= 0.3 is 6.03 Å². The van der Waals surface area contributed by atoms with Crippen molar-refractivity contribution >= 4 is 11.7 Å². The molecular weight excluding hydrogens is 306 g/mol. The molecule has 124 valence electrons. The van der Waals surface area contributed by atoms with Crippen molar-refractivity contribution in [1.29, 1.82) is 0 Å². The second-order valence-corrected chi connectivity index (χ2v) is 5.58. The van der Waals surface area contributed by atoms with Gasteiger partial charge in [-0.15, -0.1) is 0 Å². The summed E-state index contributed by atoms with van der Waals surface area (Å²) in [6.07, 6.45) is 1.47. The molecule has 0 saturated carbocycles. The molecule has 0 aliphatic carbocycles. The van der Waals surface area contributed by atoms with Crippen LogP contribution in [0.25, 0.3) is 0 Å². The Bertz CT molecular complexity index is 823. The van der Waals surface area contributed by atoms with Crippen molar-refractivity contribution in [2.24, 2.45) is 0 Å². The number of hydrogen-bond acceptors (Lipinski definition) is 4. The number of nitrogens with one attached hydrogen (secondary N) is 2. The van der Waals surface area contributed by atoms with Gasteiger partial charge in [0.15, 0.2) is 0 Å². The number of hydrogen-bond donors (Lipinski definition) is 2. The first-order chi connectivity index (χ1) is 11.6. The molecule has 3 aromatic rings. The molecule has 0 spiro atoms. The zero-order chi connectivity index (χ0) is 16.9. The molecule has 24 heavy (non-hydrogen) atoms. The largest absolute Gasteiger partial charge is 0.364 e. The number of aryl methyl sites for hydroxylation is 2. The van der Waals surface area contributed by atoms with Gasteiger partial charge in [0.25, 0.3) is 0 Å². The summed E-state index contributed by atoms with van der Waals surface area (Å²) in [4.78, 5) is 11.9. The molecule has 2 amide bonds. The number of anilines is 1. The lowest BCUT2D eigenvalue weighted by Gasteiger charge is -2.09. The van der Waals surface area contributed by atoms with Crippen molar-refractivity contribution in [3.63, 3.8) is 0 Å². The van der Waals surface area contributed by atoms with Gasteiger partial charge < -0.3 is 15.2 Å². The molecular formula is C17H19N5O2. The minimum Gasteiger partial charge on any atom is -0.364 e. The molecule has 1 aromatic carbocycles. The van der Waals surface area contributed by atoms with E-state index in [-0.39, 0.29) is 6.03 Å². The van der Waals surface area contributed by atoms with Crippen LogP contribution in [0.15, 0.2) is 47.2 Å². The SMILES string of the molecule is Cc1cc(C)n(Cc2cccc(NC(=O)NCc3ccon3)c2)n1. The van der Waals surface area contributed by atoms with Crippen LogP contribution in [-0.2, 0) is 13.1 Å². The summed E-state index contributed by atoms with van der Waals surface area (Å²) in [6.45, 7) is 4.98. The van der Waals surface area contributed by atoms with Crippen LogP contribution >= 0.6 is 0 Å². The standard InChI is InChI=1S/C17H19N5O2/c1-12-8-13(2)22(20-12)11-14-4-3-5-15(9-14)19-17(23)18-10-16-6-7-24-21-16/h3-9H,10-11H2,1-2H3,(H2,18,19,23). The van der Waals surface area contributed by atoms with E-state index in [2.05, 4.69) is 20.9 Å². The predicted molar refractivity (Wildman–Crippen MR) is 89.6 cm³/mol. The number of benzene rings is 1. The van der Waals surface area contributed by atoms with E-state index in [0.29, 0.717) is 18.8 Å². The minimum atomic E-state index is -0.290. The Morgan fingerprint density at radius 3 is 2.83 bits per heavy atom. The van der Waals surface area contributed by atoms with E-state index in [9.17, 15) is 4.79 Å². The molecule has 7 nitrogen and oxygen atoms in total. The van der Waals surface area contributed by atoms with E-state index in [0.717, 1.165) is 22.6 Å². The van der Waals surface area contributed by atoms with Gasteiger partial charge in [-0.25, -0.2) is 4.79 Å². The van der Waals surface area contributed by atoms with Crippen LogP contribution in [0.2, 0.25) is 0 Å². The zero-order valence-corrected chi connectivity index (χ0v) is 13.6. The third kappa shape index (κ3) is 4.01. The maximum Gasteiger partial charge on any atom is 0.319 e. The summed E-state index contributed by atoms with van der Waals surface area (Å²) in [5, 5.41) is 13.7. The van der Waals surface area contributed by atoms with Gasteiger partial charge in [-0.05, 0) is 37.6 Å². The van der Waals surface area contributed by atoms with Crippen LogP contribution in [0.4, 0.5) is 10.5 Å². The predicted octanol–water partition coefficient (Wildman–Crippen LogP) is 2.86. The van der Waals surface area contributed by atoms with Crippen molar-refractivity contribution in [3.8, 4) is 0 Å². The average molecular weight is 325 g/mol. The summed E-state index contributed by atoms with van der Waals surface area (Å²) in [6, 6.07) is 11.2. The first-order valence-electron chi connectivity index (χ1n) is 7.64. The topological polar surface area (TPSA) is 85.0 Å². The van der Waals surface area contributed by atoms with E-state index >= 15 is 0 Å². The van der Waals surface area contributed by atoms with Crippen molar-refractivity contribution in [2.75, 3.05) is 5.32 Å². The molecule has 3 rings (SSSR count). The fourth-order valence-electron chi connectivity index (χ4n) is 2.43. The van der Waals surface area contributed by atoms with E-state index in [4.69, 9.17) is 4.52 Å². The maximum atomic E-state index is 11.9. The fraction of sp³-hybridized carbons (Fsp3) is 0.235. The Labute approximate surface area is 139 Å². The second kappa shape index (κ2) is 6.99. The molecule has 0 atom stereocenters. The van der Waals surface area contributed by atoms with Gasteiger partial charge in [0.1, 0.15) is 12.0 Å². The highest BCUT2D eigenvalue weighted by atomic mass is 16.5. The minimum absolute atomic E-state index is 0.290. The van der Waals surface area contributed by atoms with Crippen LogP contribution < -0.4 is 10.6 Å². The molecule has 0 radical (unpaired) electrons. The molecule has 0 aliphatic heterocycles. The molecule has 0 aliphatic rings. The van der Waals surface area contributed by atoms with Gasteiger partial charge in [0.2, 0.25) is 0 Å². The molecule has 0 fully saturated rings. The molecule has 2 N–H and O–H groups in total. The third-order valence-corrected chi connectivity index (χ3v) is 3.54. The van der Waals surface area contributed by atoms with Crippen molar-refractivity contribution in [3.05, 3.63) is 65.3 Å². The number of nitrogens with zero attached hydrogens (tertiary/aromatic N) is 3. The van der Waals surface area contributed by atoms with Gasteiger partial charge in [0, 0.05) is 17.4 Å². The monoisotopic (exact) mass is 325 g/mol. The van der Waals surface area contributed by atoms with Crippen molar-refractivity contribution in [1.82, 2.24) is 20.3 Å². The van der Waals surface area contributed by atoms with Crippen LogP contribution in [0.3, 0.4) is 0 Å². The summed E-state index contributed by atoms with van der Waals surface area (Å²) in [5.41, 5.74) is 4.57. The molecule has 7 heteroatoms. The van der Waals surface area contributed by atoms with Gasteiger partial charge in [-0.2, -0.15) is 5.10 Å². The lowest BCUT2D eigenvalue weighted by atomic mass is 10.2. The Morgan fingerprint density at radius 1 is 1.25 bits per heavy atom. The fourth-order valence-corrected chi connectivity index (χ4v) is 2.43. The van der Waals surface area contributed by atoms with Crippen LogP contribution in [0.1, 0.15) is 22.6 Å². The highest BCUT2D eigenvalue weighted by Gasteiger charge is 2.06. The Morgan fingerprint density at radius 2 is 2.12 bits per heavy atom. The summed E-state index contributed by atoms with van der Waals surface area (Å²) in [7, 11) is 0. The number of amides is 2. The molecule has 2 aromatic heterocycles. The Balaban J connectivity index is 1.60. The number of carbonyl (C=O) groups excluding carboxylic acids is 1. The second-order valence-electron chi connectivity index (χ2n) is 5.58. The van der Waals surface area contributed by atoms with Crippen LogP contribution in [0.5, 0.6) is 0 Å². The average Bonchev–Trinajstić information content (AvgIpc) is 3.16. The van der Waals surface area contributed by atoms with E-state index in [1.165, 1.54) is 6.26 Å². The number of rotatable bonds is 5. The van der Waals surface area contributed by atoms with Crippen LogP contribution in [0, 0.1) is 13.8 Å². The van der Waals surface area contributed by atoms with Crippen molar-refractivity contribution < 1.29 is 9.32 Å². The highest BCUT2D eigenvalue weighted by Crippen LogP contribution is 2.13. The van der Waals surface area contributed by atoms with Gasteiger partial charge in [0.05, 0.1) is 18.8 Å². The normalized spacial score (nSPS) is 10.6. The molecule has 0 bridgehead atoms. The maximum absolute atomic E-state index is 11.9. The zero-order valence-electron chi connectivity index (χ0n) is 13.6. The summed E-state index contributed by atoms with van der Waals surface area (Å²) in [5.74, 6) is 0. The summed E-state index contributed by atoms with van der Waals surface area (Å²) < 4.78 is 6.66. The lowest BCUT2D eigenvalue weighted by Crippen LogP contribution is -2.28.